The molecule has 2 rings (SSSR count). The van der Waals surface area contributed by atoms with Crippen molar-refractivity contribution < 1.29 is 9.53 Å². The van der Waals surface area contributed by atoms with Crippen molar-refractivity contribution in [3.8, 4) is 0 Å². The fourth-order valence-electron chi connectivity index (χ4n) is 1.98. The minimum atomic E-state index is -0.496. The van der Waals surface area contributed by atoms with Gasteiger partial charge in [0.1, 0.15) is 5.82 Å². The molecule has 2 aromatic rings. The molecule has 21 heavy (non-hydrogen) atoms. The van der Waals surface area contributed by atoms with E-state index in [-0.39, 0.29) is 5.69 Å². The zero-order valence-electron chi connectivity index (χ0n) is 12.1. The molecule has 0 fully saturated rings. The average Bonchev–Trinajstić information content (AvgIpc) is 2.52. The highest BCUT2D eigenvalue weighted by atomic mass is 16.5. The van der Waals surface area contributed by atoms with Crippen molar-refractivity contribution in [2.75, 3.05) is 24.3 Å². The lowest BCUT2D eigenvalue weighted by Gasteiger charge is -2.22. The number of anilines is 2. The minimum absolute atomic E-state index is 0.195. The molecule has 6 heteroatoms. The molecule has 0 aliphatic rings. The summed E-state index contributed by atoms with van der Waals surface area (Å²) in [4.78, 5) is 21.9. The van der Waals surface area contributed by atoms with Crippen molar-refractivity contribution in [2.24, 2.45) is 0 Å². The maximum Gasteiger partial charge on any atom is 0.358 e. The van der Waals surface area contributed by atoms with Gasteiger partial charge in [0.15, 0.2) is 5.69 Å². The van der Waals surface area contributed by atoms with Gasteiger partial charge in [0.2, 0.25) is 0 Å². The second-order valence-corrected chi connectivity index (χ2v) is 4.51. The molecule has 1 heterocycles. The molecule has 1 aromatic carbocycles. The number of methoxy groups -OCH3 is 1. The molecule has 0 saturated carbocycles. The average molecular weight is 286 g/mol. The number of hydrogen-bond donors (Lipinski definition) is 1. The number of carbonyl (C=O) groups excluding carboxylic acids is 1. The van der Waals surface area contributed by atoms with Gasteiger partial charge in [0.25, 0.3) is 0 Å². The number of ether oxygens (including phenoxy) is 1. The highest BCUT2D eigenvalue weighted by molar-refractivity contribution is 5.87. The summed E-state index contributed by atoms with van der Waals surface area (Å²) < 4.78 is 4.66. The largest absolute Gasteiger partial charge is 0.464 e. The molecule has 1 aromatic heterocycles. The summed E-state index contributed by atoms with van der Waals surface area (Å²) >= 11 is 0. The van der Waals surface area contributed by atoms with Crippen LogP contribution in [0, 0.1) is 0 Å². The second-order valence-electron chi connectivity index (χ2n) is 4.51. The van der Waals surface area contributed by atoms with Crippen molar-refractivity contribution in [2.45, 2.75) is 13.5 Å². The topological polar surface area (TPSA) is 81.3 Å². The summed E-state index contributed by atoms with van der Waals surface area (Å²) in [7, 11) is 1.32. The number of nitrogen functional groups attached to an aromatic ring is 1. The summed E-state index contributed by atoms with van der Waals surface area (Å²) in [6.07, 6.45) is 3.02. The Balaban J connectivity index is 2.23. The van der Waals surface area contributed by atoms with E-state index in [0.29, 0.717) is 12.4 Å². The quantitative estimate of drug-likeness (QED) is 0.667. The van der Waals surface area contributed by atoms with Crippen LogP contribution in [-0.4, -0.2) is 29.6 Å². The van der Waals surface area contributed by atoms with Crippen LogP contribution in [0.15, 0.2) is 36.7 Å². The Morgan fingerprint density at radius 3 is 2.86 bits per heavy atom. The number of carbonyl (C=O) groups is 1. The SMILES string of the molecule is CCN(Cc1cccc(N)c1)c1cncc(C(=O)OC)n1. The van der Waals surface area contributed by atoms with Crippen LogP contribution in [0.5, 0.6) is 0 Å². The standard InChI is InChI=1S/C15H18N4O2/c1-3-19(10-11-5-4-6-12(16)7-11)14-9-17-8-13(18-14)15(20)21-2/h4-9H,3,10,16H2,1-2H3. The van der Waals surface area contributed by atoms with Crippen molar-refractivity contribution in [1.29, 1.82) is 0 Å². The van der Waals surface area contributed by atoms with E-state index in [4.69, 9.17) is 5.73 Å². The smallest absolute Gasteiger partial charge is 0.358 e. The third-order valence-electron chi connectivity index (χ3n) is 3.05. The van der Waals surface area contributed by atoms with Crippen molar-refractivity contribution in [3.05, 3.63) is 47.9 Å². The molecule has 6 nitrogen and oxygen atoms in total. The number of nitrogens with zero attached hydrogens (tertiary/aromatic N) is 3. The first kappa shape index (κ1) is 14.8. The summed E-state index contributed by atoms with van der Waals surface area (Å²) in [6.45, 7) is 3.38. The number of rotatable bonds is 5. The van der Waals surface area contributed by atoms with Crippen LogP contribution in [0.2, 0.25) is 0 Å². The molecular formula is C15H18N4O2. The molecule has 0 atom stereocenters. The monoisotopic (exact) mass is 286 g/mol. The van der Waals surface area contributed by atoms with Gasteiger partial charge in [-0.2, -0.15) is 0 Å². The number of benzene rings is 1. The van der Waals surface area contributed by atoms with Crippen LogP contribution in [0.4, 0.5) is 11.5 Å². The Labute approximate surface area is 123 Å². The van der Waals surface area contributed by atoms with Gasteiger partial charge in [-0.15, -0.1) is 0 Å². The van der Waals surface area contributed by atoms with E-state index in [2.05, 4.69) is 14.7 Å². The Kier molecular flexibility index (Phi) is 4.71. The first-order chi connectivity index (χ1) is 10.1. The number of nitrogens with two attached hydrogens (primary N) is 1. The fraction of sp³-hybridized carbons (Fsp3) is 0.267. The van der Waals surface area contributed by atoms with Crippen LogP contribution in [0.25, 0.3) is 0 Å². The normalized spacial score (nSPS) is 10.2. The maximum absolute atomic E-state index is 11.5. The van der Waals surface area contributed by atoms with Crippen LogP contribution < -0.4 is 10.6 Å². The highest BCUT2D eigenvalue weighted by Crippen LogP contribution is 2.15. The highest BCUT2D eigenvalue weighted by Gasteiger charge is 2.12. The lowest BCUT2D eigenvalue weighted by molar-refractivity contribution is 0.0593. The van der Waals surface area contributed by atoms with Gasteiger partial charge in [0, 0.05) is 18.8 Å². The molecule has 0 radical (unpaired) electrons. The van der Waals surface area contributed by atoms with E-state index < -0.39 is 5.97 Å². The van der Waals surface area contributed by atoms with E-state index in [9.17, 15) is 4.79 Å². The van der Waals surface area contributed by atoms with Gasteiger partial charge >= 0.3 is 5.97 Å². The Morgan fingerprint density at radius 1 is 1.38 bits per heavy atom. The lowest BCUT2D eigenvalue weighted by Crippen LogP contribution is -2.24. The third kappa shape index (κ3) is 3.68. The first-order valence-corrected chi connectivity index (χ1v) is 6.63. The van der Waals surface area contributed by atoms with E-state index in [0.717, 1.165) is 17.8 Å². The van der Waals surface area contributed by atoms with Gasteiger partial charge in [-0.05, 0) is 24.6 Å². The summed E-state index contributed by atoms with van der Waals surface area (Å²) in [5.41, 5.74) is 7.78. The maximum atomic E-state index is 11.5. The number of aromatic nitrogens is 2. The molecule has 0 aliphatic carbocycles. The van der Waals surface area contributed by atoms with E-state index >= 15 is 0 Å². The van der Waals surface area contributed by atoms with Crippen molar-refractivity contribution in [3.63, 3.8) is 0 Å². The molecule has 0 amide bonds. The summed E-state index contributed by atoms with van der Waals surface area (Å²) in [5, 5.41) is 0. The van der Waals surface area contributed by atoms with Crippen LogP contribution in [-0.2, 0) is 11.3 Å². The lowest BCUT2D eigenvalue weighted by atomic mass is 10.2. The third-order valence-corrected chi connectivity index (χ3v) is 3.05. The van der Waals surface area contributed by atoms with E-state index in [1.807, 2.05) is 36.1 Å². The Bertz CT molecular complexity index is 631. The predicted molar refractivity (Wildman–Crippen MR) is 80.9 cm³/mol. The van der Waals surface area contributed by atoms with Crippen LogP contribution in [0.1, 0.15) is 23.0 Å². The van der Waals surface area contributed by atoms with Gasteiger partial charge in [-0.1, -0.05) is 12.1 Å². The van der Waals surface area contributed by atoms with E-state index in [1.165, 1.54) is 13.3 Å². The van der Waals surface area contributed by atoms with Crippen molar-refractivity contribution >= 4 is 17.5 Å². The number of esters is 1. The molecule has 0 aliphatic heterocycles. The van der Waals surface area contributed by atoms with Crippen molar-refractivity contribution in [1.82, 2.24) is 9.97 Å². The predicted octanol–water partition coefficient (Wildman–Crippen LogP) is 1.87. The zero-order chi connectivity index (χ0) is 15.2. The molecule has 0 unspecified atom stereocenters. The molecule has 0 saturated heterocycles. The van der Waals surface area contributed by atoms with Gasteiger partial charge in [0.05, 0.1) is 19.5 Å². The Morgan fingerprint density at radius 2 is 2.19 bits per heavy atom. The molecule has 0 spiro atoms. The second kappa shape index (κ2) is 6.69. The van der Waals surface area contributed by atoms with Gasteiger partial charge < -0.3 is 15.4 Å². The van der Waals surface area contributed by atoms with Gasteiger partial charge in [-0.25, -0.2) is 9.78 Å². The molecule has 2 N–H and O–H groups in total. The fourth-order valence-corrected chi connectivity index (χ4v) is 1.98. The molecule has 0 bridgehead atoms. The molecular weight excluding hydrogens is 268 g/mol. The minimum Gasteiger partial charge on any atom is -0.464 e. The van der Waals surface area contributed by atoms with Crippen LogP contribution in [0.3, 0.4) is 0 Å². The van der Waals surface area contributed by atoms with E-state index in [1.54, 1.807) is 6.20 Å². The summed E-state index contributed by atoms with van der Waals surface area (Å²) in [6, 6.07) is 7.67. The molecule has 110 valence electrons. The Hall–Kier alpha value is -2.63. The van der Waals surface area contributed by atoms with Crippen LogP contribution >= 0.6 is 0 Å². The number of hydrogen-bond acceptors (Lipinski definition) is 6. The zero-order valence-corrected chi connectivity index (χ0v) is 12.1. The summed E-state index contributed by atoms with van der Waals surface area (Å²) in [5.74, 6) is 0.132. The van der Waals surface area contributed by atoms with Gasteiger partial charge in [-0.3, -0.25) is 4.98 Å². The first-order valence-electron chi connectivity index (χ1n) is 6.63.